The number of hydrogen-bond donors (Lipinski definition) is 2. The molecule has 0 saturated heterocycles. The van der Waals surface area contributed by atoms with E-state index in [1.54, 1.807) is 0 Å². The number of benzene rings is 2. The largest absolute Gasteiger partial charge is 0.491 e. The van der Waals surface area contributed by atoms with Gasteiger partial charge in [0, 0.05) is 36.2 Å². The fourth-order valence-electron chi connectivity index (χ4n) is 4.28. The Morgan fingerprint density at radius 3 is 2.73 bits per heavy atom. The van der Waals surface area contributed by atoms with Crippen LogP contribution in [0.4, 0.5) is 5.69 Å². The molecule has 3 aliphatic heterocycles. The zero-order valence-corrected chi connectivity index (χ0v) is 17.0. The lowest BCUT2D eigenvalue weighted by atomic mass is 9.77. The monoisotopic (exact) mass is 408 g/mol. The fraction of sp³-hybridized carbons (Fsp3) is 0.391. The lowest BCUT2D eigenvalue weighted by Gasteiger charge is -2.20. The number of nitrogens with one attached hydrogen (secondary N) is 2. The van der Waals surface area contributed by atoms with E-state index in [1.165, 1.54) is 0 Å². The van der Waals surface area contributed by atoms with Crippen molar-refractivity contribution in [2.75, 3.05) is 18.5 Å². The molecule has 2 unspecified atom stereocenters. The molecule has 30 heavy (non-hydrogen) atoms. The second-order valence-corrected chi connectivity index (χ2v) is 8.24. The van der Waals surface area contributed by atoms with Crippen LogP contribution < -0.4 is 24.8 Å². The molecule has 3 aliphatic rings. The summed E-state index contributed by atoms with van der Waals surface area (Å²) in [5, 5.41) is 5.87. The molecule has 1 spiro atoms. The van der Waals surface area contributed by atoms with E-state index < -0.39 is 11.7 Å². The molecule has 0 radical (unpaired) electrons. The molecule has 156 valence electrons. The molecule has 0 bridgehead atoms. The molecule has 2 atom stereocenters. The third-order valence-electron chi connectivity index (χ3n) is 5.93. The average molecular weight is 408 g/mol. The number of carbonyl (C=O) groups is 2. The second kappa shape index (κ2) is 6.93. The highest BCUT2D eigenvalue weighted by atomic mass is 16.7. The predicted molar refractivity (Wildman–Crippen MR) is 110 cm³/mol. The van der Waals surface area contributed by atoms with E-state index in [0.717, 1.165) is 23.2 Å². The first-order valence-electron chi connectivity index (χ1n) is 10.3. The van der Waals surface area contributed by atoms with Crippen molar-refractivity contribution in [2.45, 2.75) is 38.4 Å². The van der Waals surface area contributed by atoms with Crippen molar-refractivity contribution in [3.05, 3.63) is 47.5 Å². The molecular formula is C23H24N2O5. The van der Waals surface area contributed by atoms with Crippen LogP contribution in [0.5, 0.6) is 17.2 Å². The zero-order valence-electron chi connectivity index (χ0n) is 17.0. The van der Waals surface area contributed by atoms with E-state index in [-0.39, 0.29) is 24.3 Å². The minimum absolute atomic E-state index is 0.0270. The van der Waals surface area contributed by atoms with Crippen LogP contribution in [0.3, 0.4) is 0 Å². The molecule has 0 fully saturated rings. The number of anilines is 1. The molecule has 0 saturated carbocycles. The van der Waals surface area contributed by atoms with Gasteiger partial charge in [-0.1, -0.05) is 32.0 Å². The van der Waals surface area contributed by atoms with E-state index in [1.807, 2.05) is 50.2 Å². The first kappa shape index (κ1) is 18.8. The van der Waals surface area contributed by atoms with Crippen LogP contribution in [0, 0.1) is 5.92 Å². The van der Waals surface area contributed by atoms with Gasteiger partial charge in [-0.15, -0.1) is 0 Å². The lowest BCUT2D eigenvalue weighted by molar-refractivity contribution is -0.124. The van der Waals surface area contributed by atoms with Gasteiger partial charge in [0.15, 0.2) is 11.5 Å². The molecule has 0 aromatic heterocycles. The summed E-state index contributed by atoms with van der Waals surface area (Å²) in [6, 6.07) is 11.4. The Bertz CT molecular complexity index is 1030. The van der Waals surface area contributed by atoms with Gasteiger partial charge < -0.3 is 24.8 Å². The van der Waals surface area contributed by atoms with Gasteiger partial charge in [-0.05, 0) is 24.1 Å². The molecule has 2 aromatic carbocycles. The number of ether oxygens (including phenoxy) is 3. The summed E-state index contributed by atoms with van der Waals surface area (Å²) in [7, 11) is 0. The maximum absolute atomic E-state index is 13.0. The molecule has 0 aliphatic carbocycles. The summed E-state index contributed by atoms with van der Waals surface area (Å²) in [6.45, 7) is 4.57. The van der Waals surface area contributed by atoms with E-state index in [0.29, 0.717) is 30.2 Å². The number of rotatable bonds is 5. The Morgan fingerprint density at radius 2 is 1.93 bits per heavy atom. The lowest BCUT2D eigenvalue weighted by Crippen LogP contribution is -2.37. The van der Waals surface area contributed by atoms with Gasteiger partial charge in [0.25, 0.3) is 0 Å². The second-order valence-electron chi connectivity index (χ2n) is 8.24. The standard InChI is InChI=1S/C23H24N2O5/c1-13(2)21(26)24-9-5-8-20-29-18-10-15-17(11-19(18)30-20)28-12-23(15)14-6-3-4-7-16(14)25-22(23)27/h3-4,6-7,10-11,13,20H,5,8-9,12H2,1-2H3,(H,24,26)(H,25,27). The number of carbonyl (C=O) groups excluding carboxylic acids is 2. The first-order chi connectivity index (χ1) is 14.5. The summed E-state index contributed by atoms with van der Waals surface area (Å²) in [6.07, 6.45) is 0.971. The molecule has 2 N–H and O–H groups in total. The smallest absolute Gasteiger partial charge is 0.243 e. The van der Waals surface area contributed by atoms with Gasteiger partial charge >= 0.3 is 0 Å². The maximum atomic E-state index is 13.0. The average Bonchev–Trinajstić information content (AvgIpc) is 3.38. The molecule has 2 aromatic rings. The van der Waals surface area contributed by atoms with Gasteiger partial charge in [-0.3, -0.25) is 9.59 Å². The van der Waals surface area contributed by atoms with Crippen LogP contribution in [0.1, 0.15) is 37.8 Å². The summed E-state index contributed by atoms with van der Waals surface area (Å²) in [5.74, 6) is 1.81. The van der Waals surface area contributed by atoms with Crippen LogP contribution in [0.25, 0.3) is 0 Å². The van der Waals surface area contributed by atoms with Gasteiger partial charge in [0.05, 0.1) is 0 Å². The highest BCUT2D eigenvalue weighted by Gasteiger charge is 2.54. The third kappa shape index (κ3) is 2.80. The Hall–Kier alpha value is -3.22. The molecule has 7 heteroatoms. The number of hydrogen-bond acceptors (Lipinski definition) is 5. The van der Waals surface area contributed by atoms with Crippen LogP contribution >= 0.6 is 0 Å². The topological polar surface area (TPSA) is 85.9 Å². The quantitative estimate of drug-likeness (QED) is 0.743. The number of fused-ring (bicyclic) bond motifs is 5. The number of amides is 2. The van der Waals surface area contributed by atoms with Gasteiger partial charge in [0.1, 0.15) is 17.8 Å². The minimum Gasteiger partial charge on any atom is -0.491 e. The molecule has 3 heterocycles. The summed E-state index contributed by atoms with van der Waals surface area (Å²) >= 11 is 0. The molecular weight excluding hydrogens is 384 g/mol. The summed E-state index contributed by atoms with van der Waals surface area (Å²) in [5.41, 5.74) is 1.68. The maximum Gasteiger partial charge on any atom is 0.243 e. The van der Waals surface area contributed by atoms with Crippen molar-refractivity contribution in [1.82, 2.24) is 5.32 Å². The summed E-state index contributed by atoms with van der Waals surface area (Å²) < 4.78 is 17.8. The highest BCUT2D eigenvalue weighted by Crippen LogP contribution is 2.53. The Morgan fingerprint density at radius 1 is 1.17 bits per heavy atom. The highest BCUT2D eigenvalue weighted by molar-refractivity contribution is 6.10. The minimum atomic E-state index is -0.858. The SMILES string of the molecule is CC(C)C(=O)NCCCC1Oc2cc3c(cc2O1)C1(CO3)C(=O)Nc2ccccc21. The Labute approximate surface area is 174 Å². The predicted octanol–water partition coefficient (Wildman–Crippen LogP) is 2.97. The fourth-order valence-corrected chi connectivity index (χ4v) is 4.28. The van der Waals surface area contributed by atoms with Crippen molar-refractivity contribution in [3.8, 4) is 17.2 Å². The van der Waals surface area contributed by atoms with Gasteiger partial charge in [-0.25, -0.2) is 0 Å². The van der Waals surface area contributed by atoms with Crippen LogP contribution in [-0.2, 0) is 15.0 Å². The summed E-state index contributed by atoms with van der Waals surface area (Å²) in [4.78, 5) is 24.6. The van der Waals surface area contributed by atoms with Crippen LogP contribution in [-0.4, -0.2) is 31.3 Å². The third-order valence-corrected chi connectivity index (χ3v) is 5.93. The van der Waals surface area contributed by atoms with E-state index in [9.17, 15) is 9.59 Å². The van der Waals surface area contributed by atoms with Gasteiger partial charge in [0.2, 0.25) is 18.1 Å². The van der Waals surface area contributed by atoms with E-state index >= 15 is 0 Å². The van der Waals surface area contributed by atoms with Crippen molar-refractivity contribution in [1.29, 1.82) is 0 Å². The molecule has 5 rings (SSSR count). The van der Waals surface area contributed by atoms with Crippen molar-refractivity contribution in [3.63, 3.8) is 0 Å². The van der Waals surface area contributed by atoms with Crippen LogP contribution in [0.15, 0.2) is 36.4 Å². The van der Waals surface area contributed by atoms with Crippen molar-refractivity contribution in [2.24, 2.45) is 5.92 Å². The van der Waals surface area contributed by atoms with Crippen molar-refractivity contribution < 1.29 is 23.8 Å². The van der Waals surface area contributed by atoms with Crippen molar-refractivity contribution >= 4 is 17.5 Å². The van der Waals surface area contributed by atoms with Crippen LogP contribution in [0.2, 0.25) is 0 Å². The Balaban J connectivity index is 1.32. The van der Waals surface area contributed by atoms with Gasteiger partial charge in [-0.2, -0.15) is 0 Å². The van der Waals surface area contributed by atoms with E-state index in [2.05, 4.69) is 10.6 Å². The normalized spacial score (nSPS) is 22.6. The molecule has 2 amide bonds. The zero-order chi connectivity index (χ0) is 20.9. The molecule has 7 nitrogen and oxygen atoms in total. The first-order valence-corrected chi connectivity index (χ1v) is 10.3. The Kier molecular flexibility index (Phi) is 4.34. The van der Waals surface area contributed by atoms with E-state index in [4.69, 9.17) is 14.2 Å². The number of para-hydroxylation sites is 1.